The lowest BCUT2D eigenvalue weighted by molar-refractivity contribution is -0.146. The summed E-state index contributed by atoms with van der Waals surface area (Å²) in [6, 6.07) is 0. The van der Waals surface area contributed by atoms with Gasteiger partial charge in [-0.15, -0.1) is 0 Å². The average Bonchev–Trinajstić information content (AvgIpc) is 2.89. The molecule has 7 nitrogen and oxygen atoms in total. The SMILES string of the molecule is CCOC(=O)C(=CNC1(C(N)=O)CCCC1)C(=O)OCC. The highest BCUT2D eigenvalue weighted by Crippen LogP contribution is 2.29. The van der Waals surface area contributed by atoms with Crippen molar-refractivity contribution in [3.63, 3.8) is 0 Å². The van der Waals surface area contributed by atoms with E-state index >= 15 is 0 Å². The molecule has 1 saturated carbocycles. The topological polar surface area (TPSA) is 108 Å². The third kappa shape index (κ3) is 4.21. The van der Waals surface area contributed by atoms with Crippen molar-refractivity contribution in [3.8, 4) is 0 Å². The van der Waals surface area contributed by atoms with Gasteiger partial charge in [0.15, 0.2) is 5.57 Å². The van der Waals surface area contributed by atoms with Crippen molar-refractivity contribution in [2.45, 2.75) is 45.1 Å². The van der Waals surface area contributed by atoms with Gasteiger partial charge >= 0.3 is 11.9 Å². The molecule has 0 bridgehead atoms. The molecule has 1 amide bonds. The summed E-state index contributed by atoms with van der Waals surface area (Å²) in [7, 11) is 0. The predicted molar refractivity (Wildman–Crippen MR) is 74.9 cm³/mol. The first-order valence-corrected chi connectivity index (χ1v) is 7.09. The standard InChI is InChI=1S/C14H22N2O5/c1-3-20-11(17)10(12(18)21-4-2)9-16-14(13(15)19)7-5-6-8-14/h9,16H,3-8H2,1-2H3,(H2,15,19). The van der Waals surface area contributed by atoms with Crippen LogP contribution in [0.2, 0.25) is 0 Å². The van der Waals surface area contributed by atoms with Gasteiger partial charge < -0.3 is 20.5 Å². The lowest BCUT2D eigenvalue weighted by Crippen LogP contribution is -2.51. The Balaban J connectivity index is 2.93. The highest BCUT2D eigenvalue weighted by Gasteiger charge is 2.39. The maximum atomic E-state index is 11.8. The van der Waals surface area contributed by atoms with Crippen molar-refractivity contribution in [1.29, 1.82) is 0 Å². The molecule has 0 saturated heterocycles. The average molecular weight is 298 g/mol. The molecule has 1 fully saturated rings. The minimum Gasteiger partial charge on any atom is -0.462 e. The van der Waals surface area contributed by atoms with E-state index in [2.05, 4.69) is 5.32 Å². The Kier molecular flexibility index (Phi) is 6.20. The number of ether oxygens (including phenoxy) is 2. The maximum absolute atomic E-state index is 11.8. The normalized spacial score (nSPS) is 15.9. The molecular weight excluding hydrogens is 276 g/mol. The fraction of sp³-hybridized carbons (Fsp3) is 0.643. The molecular formula is C14H22N2O5. The number of hydrogen-bond acceptors (Lipinski definition) is 6. The Morgan fingerprint density at radius 3 is 1.95 bits per heavy atom. The van der Waals surface area contributed by atoms with E-state index in [4.69, 9.17) is 15.2 Å². The van der Waals surface area contributed by atoms with Gasteiger partial charge in [0.25, 0.3) is 0 Å². The lowest BCUT2D eigenvalue weighted by Gasteiger charge is -2.25. The van der Waals surface area contributed by atoms with Crippen LogP contribution in [0.1, 0.15) is 39.5 Å². The van der Waals surface area contributed by atoms with Crippen molar-refractivity contribution in [2.75, 3.05) is 13.2 Å². The van der Waals surface area contributed by atoms with Crippen LogP contribution >= 0.6 is 0 Å². The quantitative estimate of drug-likeness (QED) is 0.304. The fourth-order valence-corrected chi connectivity index (χ4v) is 2.27. The first-order valence-electron chi connectivity index (χ1n) is 7.09. The third-order valence-corrected chi connectivity index (χ3v) is 3.41. The van der Waals surface area contributed by atoms with E-state index < -0.39 is 23.4 Å². The summed E-state index contributed by atoms with van der Waals surface area (Å²) in [6.45, 7) is 3.54. The highest BCUT2D eigenvalue weighted by molar-refractivity contribution is 6.14. The number of carbonyl (C=O) groups excluding carboxylic acids is 3. The van der Waals surface area contributed by atoms with Crippen LogP contribution in [0.3, 0.4) is 0 Å². The van der Waals surface area contributed by atoms with Crippen LogP contribution in [0.4, 0.5) is 0 Å². The molecule has 3 N–H and O–H groups in total. The molecule has 118 valence electrons. The molecule has 0 atom stereocenters. The van der Waals surface area contributed by atoms with Gasteiger partial charge in [0, 0.05) is 6.20 Å². The number of nitrogens with two attached hydrogens (primary N) is 1. The van der Waals surface area contributed by atoms with Gasteiger partial charge in [-0.25, -0.2) is 9.59 Å². The van der Waals surface area contributed by atoms with E-state index in [0.717, 1.165) is 12.8 Å². The molecule has 1 aliphatic rings. The molecule has 0 radical (unpaired) electrons. The van der Waals surface area contributed by atoms with Crippen molar-refractivity contribution in [2.24, 2.45) is 5.73 Å². The Morgan fingerprint density at radius 1 is 1.10 bits per heavy atom. The smallest absolute Gasteiger partial charge is 0.347 e. The van der Waals surface area contributed by atoms with Gasteiger partial charge in [-0.1, -0.05) is 12.8 Å². The number of nitrogens with one attached hydrogen (secondary N) is 1. The molecule has 0 aromatic carbocycles. The minimum absolute atomic E-state index is 0.135. The summed E-state index contributed by atoms with van der Waals surface area (Å²) in [5.41, 5.74) is 4.24. The summed E-state index contributed by atoms with van der Waals surface area (Å²) < 4.78 is 9.63. The summed E-state index contributed by atoms with van der Waals surface area (Å²) in [6.07, 6.45) is 4.04. The van der Waals surface area contributed by atoms with Crippen LogP contribution in [-0.2, 0) is 23.9 Å². The zero-order valence-electron chi connectivity index (χ0n) is 12.4. The predicted octanol–water partition coefficient (Wildman–Crippen LogP) is 0.384. The molecule has 0 aromatic heterocycles. The second kappa shape index (κ2) is 7.66. The van der Waals surface area contributed by atoms with Crippen molar-refractivity contribution in [1.82, 2.24) is 5.32 Å². The Hall–Kier alpha value is -2.05. The van der Waals surface area contributed by atoms with Crippen LogP contribution in [0, 0.1) is 0 Å². The van der Waals surface area contributed by atoms with Crippen molar-refractivity contribution < 1.29 is 23.9 Å². The van der Waals surface area contributed by atoms with Gasteiger partial charge in [-0.2, -0.15) is 0 Å². The van der Waals surface area contributed by atoms with E-state index in [1.165, 1.54) is 6.20 Å². The zero-order chi connectivity index (χ0) is 15.9. The first kappa shape index (κ1) is 17.0. The summed E-state index contributed by atoms with van der Waals surface area (Å²) >= 11 is 0. The second-order valence-electron chi connectivity index (χ2n) is 4.80. The van der Waals surface area contributed by atoms with Gasteiger partial charge in [0.1, 0.15) is 5.54 Å². The maximum Gasteiger partial charge on any atom is 0.347 e. The van der Waals surface area contributed by atoms with Crippen LogP contribution in [0.15, 0.2) is 11.8 Å². The van der Waals surface area contributed by atoms with E-state index in [9.17, 15) is 14.4 Å². The van der Waals surface area contributed by atoms with Crippen LogP contribution < -0.4 is 11.1 Å². The molecule has 0 aliphatic heterocycles. The van der Waals surface area contributed by atoms with Crippen molar-refractivity contribution in [3.05, 3.63) is 11.8 Å². The summed E-state index contributed by atoms with van der Waals surface area (Å²) in [5.74, 6) is -2.08. The number of amides is 1. The van der Waals surface area contributed by atoms with Crippen LogP contribution in [0.25, 0.3) is 0 Å². The highest BCUT2D eigenvalue weighted by atomic mass is 16.6. The monoisotopic (exact) mass is 298 g/mol. The van der Waals surface area contributed by atoms with Crippen molar-refractivity contribution >= 4 is 17.8 Å². The first-order chi connectivity index (χ1) is 9.96. The van der Waals surface area contributed by atoms with Gasteiger partial charge in [0.05, 0.1) is 13.2 Å². The van der Waals surface area contributed by atoms with E-state index in [-0.39, 0.29) is 18.8 Å². The Morgan fingerprint density at radius 2 is 1.57 bits per heavy atom. The number of esters is 2. The van der Waals surface area contributed by atoms with E-state index in [1.54, 1.807) is 13.8 Å². The molecule has 0 aromatic rings. The Bertz CT molecular complexity index is 419. The molecule has 7 heteroatoms. The number of primary amides is 1. The number of carbonyl (C=O) groups is 3. The molecule has 0 unspecified atom stereocenters. The lowest BCUT2D eigenvalue weighted by atomic mass is 9.97. The van der Waals surface area contributed by atoms with E-state index in [1.807, 2.05) is 0 Å². The van der Waals surface area contributed by atoms with Crippen LogP contribution in [-0.4, -0.2) is 36.6 Å². The molecule has 1 rings (SSSR count). The van der Waals surface area contributed by atoms with Gasteiger partial charge in [-0.05, 0) is 26.7 Å². The number of hydrogen-bond donors (Lipinski definition) is 2. The van der Waals surface area contributed by atoms with Crippen LogP contribution in [0.5, 0.6) is 0 Å². The number of rotatable bonds is 7. The molecule has 0 spiro atoms. The largest absolute Gasteiger partial charge is 0.462 e. The zero-order valence-corrected chi connectivity index (χ0v) is 12.4. The second-order valence-corrected chi connectivity index (χ2v) is 4.80. The molecule has 1 aliphatic carbocycles. The van der Waals surface area contributed by atoms with Gasteiger partial charge in [0.2, 0.25) is 5.91 Å². The molecule has 21 heavy (non-hydrogen) atoms. The summed E-state index contributed by atoms with van der Waals surface area (Å²) in [4.78, 5) is 35.2. The van der Waals surface area contributed by atoms with Gasteiger partial charge in [-0.3, -0.25) is 4.79 Å². The third-order valence-electron chi connectivity index (χ3n) is 3.41. The minimum atomic E-state index is -0.912. The Labute approximate surface area is 123 Å². The summed E-state index contributed by atoms with van der Waals surface area (Å²) in [5, 5.41) is 2.84. The van der Waals surface area contributed by atoms with E-state index in [0.29, 0.717) is 12.8 Å². The fourth-order valence-electron chi connectivity index (χ4n) is 2.27. The molecule has 0 heterocycles.